The standard InChI is InChI=1S/C30H51N5O4S2/c1-31(2)28-12-14-29(15-13-28)40(36,37)34-22-8-18-32(24-27-10-4-3-5-11-27)19-9-23-35(26-30(25-34)16-17-30)41(38,39)33-20-6-7-21-33/h12-15,27H,3-11,16-26H2,1-2H3. The van der Waals surface area contributed by atoms with Crippen LogP contribution in [0.1, 0.15) is 70.6 Å². The molecule has 4 aliphatic rings. The number of nitrogens with zero attached hydrogens (tertiary/aromatic N) is 5. The van der Waals surface area contributed by atoms with E-state index >= 15 is 0 Å². The van der Waals surface area contributed by atoms with Crippen LogP contribution in [-0.2, 0) is 20.2 Å². The molecule has 0 bridgehead atoms. The van der Waals surface area contributed by atoms with Gasteiger partial charge in [0.05, 0.1) is 4.90 Å². The fraction of sp³-hybridized carbons (Fsp3) is 0.800. The molecule has 5 rings (SSSR count). The van der Waals surface area contributed by atoms with Crippen molar-refractivity contribution in [1.82, 2.24) is 17.8 Å². The number of benzene rings is 1. The molecule has 4 fully saturated rings. The van der Waals surface area contributed by atoms with Gasteiger partial charge in [0.1, 0.15) is 0 Å². The maximum atomic E-state index is 14.0. The van der Waals surface area contributed by atoms with Gasteiger partial charge in [0.15, 0.2) is 0 Å². The van der Waals surface area contributed by atoms with E-state index in [0.29, 0.717) is 50.1 Å². The van der Waals surface area contributed by atoms with Crippen LogP contribution in [0.5, 0.6) is 0 Å². The van der Waals surface area contributed by atoms with Crippen molar-refractivity contribution in [2.45, 2.75) is 75.5 Å². The summed E-state index contributed by atoms with van der Waals surface area (Å²) in [4.78, 5) is 4.76. The fourth-order valence-corrected chi connectivity index (χ4v) is 10.4. The molecule has 2 saturated heterocycles. The zero-order valence-corrected chi connectivity index (χ0v) is 26.8. The number of sulfonamides is 1. The molecule has 9 nitrogen and oxygen atoms in total. The first-order chi connectivity index (χ1) is 19.6. The molecule has 1 aromatic rings. The molecule has 2 heterocycles. The van der Waals surface area contributed by atoms with Gasteiger partial charge in [0.25, 0.3) is 10.2 Å². The summed E-state index contributed by atoms with van der Waals surface area (Å²) in [5, 5.41) is 0. The average molecular weight is 610 g/mol. The first-order valence-corrected chi connectivity index (χ1v) is 18.7. The van der Waals surface area contributed by atoms with E-state index in [2.05, 4.69) is 4.90 Å². The molecule has 0 amide bonds. The predicted octanol–water partition coefficient (Wildman–Crippen LogP) is 3.84. The average Bonchev–Trinajstić information content (AvgIpc) is 3.46. The van der Waals surface area contributed by atoms with Crippen LogP contribution in [0, 0.1) is 11.3 Å². The zero-order valence-electron chi connectivity index (χ0n) is 25.2. The van der Waals surface area contributed by atoms with Gasteiger partial charge in [-0.15, -0.1) is 0 Å². The van der Waals surface area contributed by atoms with Crippen LogP contribution in [0.3, 0.4) is 0 Å². The first-order valence-electron chi connectivity index (χ1n) is 15.8. The number of anilines is 1. The van der Waals surface area contributed by atoms with Gasteiger partial charge in [-0.2, -0.15) is 21.3 Å². The molecule has 2 aliphatic heterocycles. The molecular formula is C30H51N5O4S2. The highest BCUT2D eigenvalue weighted by Crippen LogP contribution is 2.48. The van der Waals surface area contributed by atoms with E-state index in [4.69, 9.17) is 0 Å². The molecule has 2 saturated carbocycles. The molecule has 2 aliphatic carbocycles. The Morgan fingerprint density at radius 2 is 1.27 bits per heavy atom. The predicted molar refractivity (Wildman–Crippen MR) is 165 cm³/mol. The molecule has 1 aromatic carbocycles. The Bertz CT molecular complexity index is 1210. The zero-order chi connectivity index (χ0) is 29.1. The molecule has 232 valence electrons. The Morgan fingerprint density at radius 3 is 1.85 bits per heavy atom. The van der Waals surface area contributed by atoms with Crippen molar-refractivity contribution in [3.63, 3.8) is 0 Å². The van der Waals surface area contributed by atoms with E-state index in [9.17, 15) is 16.8 Å². The van der Waals surface area contributed by atoms with Crippen molar-refractivity contribution in [2.24, 2.45) is 11.3 Å². The minimum atomic E-state index is -3.72. The van der Waals surface area contributed by atoms with Crippen molar-refractivity contribution in [2.75, 3.05) is 77.9 Å². The summed E-state index contributed by atoms with van der Waals surface area (Å²) in [7, 11) is -3.40. The van der Waals surface area contributed by atoms with Crippen LogP contribution in [0.15, 0.2) is 29.2 Å². The smallest absolute Gasteiger partial charge is 0.281 e. The normalized spacial score (nSPS) is 25.1. The van der Waals surface area contributed by atoms with Crippen LogP contribution in [0.25, 0.3) is 0 Å². The number of hydrogen-bond acceptors (Lipinski definition) is 6. The third-order valence-electron chi connectivity index (χ3n) is 9.69. The van der Waals surface area contributed by atoms with Gasteiger partial charge in [-0.3, -0.25) is 0 Å². The summed E-state index contributed by atoms with van der Waals surface area (Å²) in [6.45, 7) is 5.63. The van der Waals surface area contributed by atoms with Crippen LogP contribution < -0.4 is 4.90 Å². The Kier molecular flexibility index (Phi) is 10.0. The van der Waals surface area contributed by atoms with E-state index in [1.807, 2.05) is 31.1 Å². The summed E-state index contributed by atoms with van der Waals surface area (Å²) in [6, 6.07) is 7.12. The highest BCUT2D eigenvalue weighted by molar-refractivity contribution is 7.89. The number of rotatable bonds is 7. The monoisotopic (exact) mass is 609 g/mol. The van der Waals surface area contributed by atoms with Crippen molar-refractivity contribution < 1.29 is 16.8 Å². The lowest BCUT2D eigenvalue weighted by Gasteiger charge is -2.35. The molecular weight excluding hydrogens is 558 g/mol. The third-order valence-corrected chi connectivity index (χ3v) is 13.5. The Hall–Kier alpha value is -1.24. The maximum absolute atomic E-state index is 14.0. The highest BCUT2D eigenvalue weighted by Gasteiger charge is 2.49. The lowest BCUT2D eigenvalue weighted by molar-refractivity contribution is 0.175. The van der Waals surface area contributed by atoms with Gasteiger partial charge in [-0.1, -0.05) is 19.3 Å². The van der Waals surface area contributed by atoms with E-state index < -0.39 is 20.2 Å². The quantitative estimate of drug-likeness (QED) is 0.467. The van der Waals surface area contributed by atoms with Gasteiger partial charge in [0.2, 0.25) is 10.0 Å². The van der Waals surface area contributed by atoms with E-state index in [1.54, 1.807) is 25.0 Å². The molecule has 1 spiro atoms. The Labute approximate surface area is 249 Å². The first kappa shape index (κ1) is 31.2. The maximum Gasteiger partial charge on any atom is 0.281 e. The second-order valence-corrected chi connectivity index (χ2v) is 17.1. The molecule has 0 aromatic heterocycles. The summed E-state index contributed by atoms with van der Waals surface area (Å²) >= 11 is 0. The fourth-order valence-electron chi connectivity index (χ4n) is 6.97. The molecule has 0 unspecified atom stereocenters. The van der Waals surface area contributed by atoms with E-state index in [-0.39, 0.29) is 5.41 Å². The molecule has 11 heteroatoms. The van der Waals surface area contributed by atoms with Crippen molar-refractivity contribution in [3.8, 4) is 0 Å². The van der Waals surface area contributed by atoms with Crippen molar-refractivity contribution in [3.05, 3.63) is 24.3 Å². The van der Waals surface area contributed by atoms with Gasteiger partial charge in [-0.25, -0.2) is 8.42 Å². The molecule has 0 radical (unpaired) electrons. The Morgan fingerprint density at radius 1 is 0.707 bits per heavy atom. The largest absolute Gasteiger partial charge is 0.378 e. The van der Waals surface area contributed by atoms with Gasteiger partial charge >= 0.3 is 0 Å². The minimum absolute atomic E-state index is 0.312. The molecule has 0 N–H and O–H groups in total. The van der Waals surface area contributed by atoms with Crippen LogP contribution >= 0.6 is 0 Å². The summed E-state index contributed by atoms with van der Waals surface area (Å²) in [5.41, 5.74) is 0.641. The molecule has 0 atom stereocenters. The SMILES string of the molecule is CN(C)c1ccc(S(=O)(=O)N2CCCN(CC3CCCCC3)CCCN(S(=O)(=O)N3CCCC3)CC3(CC3)C2)cc1. The van der Waals surface area contributed by atoms with Crippen molar-refractivity contribution >= 4 is 25.9 Å². The van der Waals surface area contributed by atoms with Crippen LogP contribution in [0.2, 0.25) is 0 Å². The minimum Gasteiger partial charge on any atom is -0.378 e. The van der Waals surface area contributed by atoms with Gasteiger partial charge in [-0.05, 0) is 100 Å². The van der Waals surface area contributed by atoms with Crippen LogP contribution in [0.4, 0.5) is 5.69 Å². The van der Waals surface area contributed by atoms with E-state index in [1.165, 1.54) is 32.1 Å². The molecule has 41 heavy (non-hydrogen) atoms. The lowest BCUT2D eigenvalue weighted by Crippen LogP contribution is -2.49. The Balaban J connectivity index is 1.40. The van der Waals surface area contributed by atoms with E-state index in [0.717, 1.165) is 63.8 Å². The van der Waals surface area contributed by atoms with Gasteiger partial charge < -0.3 is 9.80 Å². The summed E-state index contributed by atoms with van der Waals surface area (Å²) in [6.07, 6.45) is 11.6. The summed E-state index contributed by atoms with van der Waals surface area (Å²) < 4.78 is 60.7. The second kappa shape index (κ2) is 13.2. The second-order valence-electron chi connectivity index (χ2n) is 13.2. The van der Waals surface area contributed by atoms with Crippen LogP contribution in [-0.4, -0.2) is 108 Å². The van der Waals surface area contributed by atoms with Gasteiger partial charge in [0, 0.05) is 65.6 Å². The lowest BCUT2D eigenvalue weighted by atomic mass is 9.89. The summed E-state index contributed by atoms with van der Waals surface area (Å²) in [5.74, 6) is 0.686. The number of hydrogen-bond donors (Lipinski definition) is 0. The van der Waals surface area contributed by atoms with Crippen molar-refractivity contribution in [1.29, 1.82) is 0 Å². The third kappa shape index (κ3) is 7.65. The topological polar surface area (TPSA) is 84.5 Å². The highest BCUT2D eigenvalue weighted by atomic mass is 32.2.